The number of benzene rings is 2. The quantitative estimate of drug-likeness (QED) is 0.673. The lowest BCUT2D eigenvalue weighted by Gasteiger charge is -2.37. The zero-order chi connectivity index (χ0) is 22.1. The molecule has 3 heterocycles. The molecule has 1 N–H and O–H groups in total. The topological polar surface area (TPSA) is 68.9 Å². The van der Waals surface area contributed by atoms with E-state index >= 15 is 0 Å². The van der Waals surface area contributed by atoms with Crippen molar-refractivity contribution in [2.45, 2.75) is 18.9 Å². The van der Waals surface area contributed by atoms with Crippen molar-refractivity contribution in [3.05, 3.63) is 60.3 Å². The number of rotatable bonds is 5. The Morgan fingerprint density at radius 3 is 2.59 bits per heavy atom. The minimum Gasteiger partial charge on any atom is -0.497 e. The molecule has 5 rings (SSSR count). The number of ether oxygens (including phenoxy) is 1. The van der Waals surface area contributed by atoms with Gasteiger partial charge in [0.05, 0.1) is 19.6 Å². The molecule has 0 saturated carbocycles. The maximum absolute atomic E-state index is 13.0. The summed E-state index contributed by atoms with van der Waals surface area (Å²) in [6.45, 7) is 3.51. The van der Waals surface area contributed by atoms with Crippen LogP contribution in [-0.4, -0.2) is 72.5 Å². The predicted octanol–water partition coefficient (Wildman–Crippen LogP) is 2.67. The molecular formula is C25H28N4O3. The van der Waals surface area contributed by atoms with E-state index in [4.69, 9.17) is 4.74 Å². The minimum atomic E-state index is -0.0893. The van der Waals surface area contributed by atoms with Crippen LogP contribution in [0.25, 0.3) is 10.9 Å². The third-order valence-electron chi connectivity index (χ3n) is 6.67. The summed E-state index contributed by atoms with van der Waals surface area (Å²) in [5.74, 6) is 1.07. The van der Waals surface area contributed by atoms with E-state index in [-0.39, 0.29) is 17.9 Å². The fourth-order valence-electron chi connectivity index (χ4n) is 4.86. The van der Waals surface area contributed by atoms with Crippen LogP contribution in [0.4, 0.5) is 5.69 Å². The van der Waals surface area contributed by atoms with Crippen LogP contribution in [0.2, 0.25) is 0 Å². The SMILES string of the molecule is COc1ccc2[nH]cc(CC(=O)N3CCN(C4CCN(c5ccccc5)C4=O)CC3)c2c1. The first-order valence-corrected chi connectivity index (χ1v) is 11.2. The fourth-order valence-corrected chi connectivity index (χ4v) is 4.86. The summed E-state index contributed by atoms with van der Waals surface area (Å²) < 4.78 is 5.33. The number of piperazine rings is 1. The molecule has 0 bridgehead atoms. The lowest BCUT2D eigenvalue weighted by atomic mass is 10.1. The van der Waals surface area contributed by atoms with Gasteiger partial charge in [-0.1, -0.05) is 18.2 Å². The summed E-state index contributed by atoms with van der Waals surface area (Å²) in [7, 11) is 1.65. The van der Waals surface area contributed by atoms with Gasteiger partial charge in [-0.05, 0) is 42.3 Å². The molecule has 2 aliphatic heterocycles. The third-order valence-corrected chi connectivity index (χ3v) is 6.67. The second-order valence-corrected chi connectivity index (χ2v) is 8.45. The molecule has 1 atom stereocenters. The van der Waals surface area contributed by atoms with E-state index in [0.29, 0.717) is 19.5 Å². The largest absolute Gasteiger partial charge is 0.497 e. The van der Waals surface area contributed by atoms with E-state index in [1.807, 2.05) is 64.5 Å². The minimum absolute atomic E-state index is 0.0893. The third kappa shape index (κ3) is 3.84. The van der Waals surface area contributed by atoms with Crippen LogP contribution in [0.5, 0.6) is 5.75 Å². The zero-order valence-electron chi connectivity index (χ0n) is 18.3. The molecule has 2 fully saturated rings. The molecule has 1 unspecified atom stereocenters. The molecule has 2 amide bonds. The van der Waals surface area contributed by atoms with Gasteiger partial charge in [0.2, 0.25) is 11.8 Å². The van der Waals surface area contributed by atoms with E-state index in [1.165, 1.54) is 0 Å². The Morgan fingerprint density at radius 2 is 1.84 bits per heavy atom. The van der Waals surface area contributed by atoms with E-state index in [2.05, 4.69) is 9.88 Å². The summed E-state index contributed by atoms with van der Waals surface area (Å²) in [4.78, 5) is 35.3. The molecule has 3 aromatic rings. The van der Waals surface area contributed by atoms with Crippen molar-refractivity contribution >= 4 is 28.4 Å². The molecule has 0 radical (unpaired) electrons. The lowest BCUT2D eigenvalue weighted by Crippen LogP contribution is -2.54. The van der Waals surface area contributed by atoms with Crippen LogP contribution in [-0.2, 0) is 16.0 Å². The van der Waals surface area contributed by atoms with E-state index in [1.54, 1.807) is 7.11 Å². The van der Waals surface area contributed by atoms with Crippen LogP contribution in [0, 0.1) is 0 Å². The van der Waals surface area contributed by atoms with Gasteiger partial charge in [-0.2, -0.15) is 0 Å². The second kappa shape index (κ2) is 8.67. The van der Waals surface area contributed by atoms with Crippen molar-refractivity contribution in [3.63, 3.8) is 0 Å². The van der Waals surface area contributed by atoms with E-state index in [9.17, 15) is 9.59 Å². The highest BCUT2D eigenvalue weighted by Crippen LogP contribution is 2.26. The highest BCUT2D eigenvalue weighted by atomic mass is 16.5. The van der Waals surface area contributed by atoms with Crippen LogP contribution >= 0.6 is 0 Å². The van der Waals surface area contributed by atoms with Gasteiger partial charge in [-0.15, -0.1) is 0 Å². The van der Waals surface area contributed by atoms with Gasteiger partial charge >= 0.3 is 0 Å². The number of hydrogen-bond acceptors (Lipinski definition) is 4. The summed E-state index contributed by atoms with van der Waals surface area (Å²) in [6, 6.07) is 15.6. The molecule has 32 heavy (non-hydrogen) atoms. The molecule has 7 heteroatoms. The first-order valence-electron chi connectivity index (χ1n) is 11.2. The molecule has 1 aromatic heterocycles. The Morgan fingerprint density at radius 1 is 1.06 bits per heavy atom. The van der Waals surface area contributed by atoms with Crippen LogP contribution in [0.1, 0.15) is 12.0 Å². The number of hydrogen-bond donors (Lipinski definition) is 1. The predicted molar refractivity (Wildman–Crippen MR) is 124 cm³/mol. The van der Waals surface area contributed by atoms with Crippen molar-refractivity contribution in [2.75, 3.05) is 44.7 Å². The van der Waals surface area contributed by atoms with E-state index < -0.39 is 0 Å². The molecule has 2 aliphatic rings. The van der Waals surface area contributed by atoms with E-state index in [0.717, 1.165) is 54.0 Å². The molecule has 7 nitrogen and oxygen atoms in total. The number of amides is 2. The van der Waals surface area contributed by atoms with Gasteiger partial charge in [0.25, 0.3) is 0 Å². The van der Waals surface area contributed by atoms with Crippen molar-refractivity contribution in [2.24, 2.45) is 0 Å². The number of aromatic amines is 1. The zero-order valence-corrected chi connectivity index (χ0v) is 18.3. The van der Waals surface area contributed by atoms with Crippen LogP contribution < -0.4 is 9.64 Å². The number of nitrogens with one attached hydrogen (secondary N) is 1. The number of anilines is 1. The number of methoxy groups -OCH3 is 1. The maximum atomic E-state index is 13.0. The van der Waals surface area contributed by atoms with Crippen molar-refractivity contribution in [3.8, 4) is 5.75 Å². The highest BCUT2D eigenvalue weighted by Gasteiger charge is 2.38. The number of fused-ring (bicyclic) bond motifs is 1. The van der Waals surface area contributed by atoms with Crippen molar-refractivity contribution in [1.29, 1.82) is 0 Å². The molecular weight excluding hydrogens is 404 g/mol. The van der Waals surface area contributed by atoms with Gasteiger partial charge in [-0.25, -0.2) is 0 Å². The Kier molecular flexibility index (Phi) is 5.57. The maximum Gasteiger partial charge on any atom is 0.244 e. The number of para-hydroxylation sites is 1. The van der Waals surface area contributed by atoms with Gasteiger partial charge in [0.1, 0.15) is 5.75 Å². The van der Waals surface area contributed by atoms with Gasteiger partial charge in [-0.3, -0.25) is 14.5 Å². The Hall–Kier alpha value is -3.32. The summed E-state index contributed by atoms with van der Waals surface area (Å²) in [5, 5.41) is 1.02. The smallest absolute Gasteiger partial charge is 0.244 e. The van der Waals surface area contributed by atoms with Crippen molar-refractivity contribution < 1.29 is 14.3 Å². The monoisotopic (exact) mass is 432 g/mol. The molecule has 2 aromatic carbocycles. The lowest BCUT2D eigenvalue weighted by molar-refractivity contribution is -0.133. The van der Waals surface area contributed by atoms with Gasteiger partial charge in [0.15, 0.2) is 0 Å². The van der Waals surface area contributed by atoms with Crippen LogP contribution in [0.3, 0.4) is 0 Å². The van der Waals surface area contributed by atoms with Crippen LogP contribution in [0.15, 0.2) is 54.7 Å². The molecule has 2 saturated heterocycles. The molecule has 0 spiro atoms. The first kappa shape index (κ1) is 20.6. The highest BCUT2D eigenvalue weighted by molar-refractivity contribution is 5.99. The van der Waals surface area contributed by atoms with Crippen molar-refractivity contribution in [1.82, 2.24) is 14.8 Å². The fraction of sp³-hybridized carbons (Fsp3) is 0.360. The first-order chi connectivity index (χ1) is 15.6. The average molecular weight is 433 g/mol. The summed E-state index contributed by atoms with van der Waals surface area (Å²) in [5.41, 5.74) is 2.95. The second-order valence-electron chi connectivity index (χ2n) is 8.45. The number of carbonyl (C=O) groups is 2. The normalized spacial score (nSPS) is 19.7. The molecule has 0 aliphatic carbocycles. The number of carbonyl (C=O) groups excluding carboxylic acids is 2. The Bertz CT molecular complexity index is 1120. The molecule has 166 valence electrons. The summed E-state index contributed by atoms with van der Waals surface area (Å²) in [6.07, 6.45) is 3.10. The number of H-pyrrole nitrogens is 1. The number of aromatic nitrogens is 1. The Labute approximate surface area is 187 Å². The average Bonchev–Trinajstić information content (AvgIpc) is 3.42. The summed E-state index contributed by atoms with van der Waals surface area (Å²) >= 11 is 0. The van der Waals surface area contributed by atoms with Gasteiger partial charge < -0.3 is 19.5 Å². The standard InChI is InChI=1S/C25H28N4O3/c1-32-20-7-8-22-21(16-20)18(17-26-22)15-24(30)28-13-11-27(12-14-28)23-9-10-29(25(23)31)19-5-3-2-4-6-19/h2-8,16-17,23,26H,9-15H2,1H3. The Balaban J connectivity index is 1.19. The number of nitrogens with zero attached hydrogens (tertiary/aromatic N) is 3. The van der Waals surface area contributed by atoms with Gasteiger partial charge in [0, 0.05) is 55.5 Å².